The van der Waals surface area contributed by atoms with Gasteiger partial charge in [0.05, 0.1) is 17.9 Å². The molecule has 0 aromatic carbocycles. The minimum atomic E-state index is -2.84. The summed E-state index contributed by atoms with van der Waals surface area (Å²) < 4.78 is 29.5. The van der Waals surface area contributed by atoms with Crippen LogP contribution in [-0.2, 0) is 5.88 Å². The van der Waals surface area contributed by atoms with E-state index < -0.39 is 22.7 Å². The lowest BCUT2D eigenvalue weighted by molar-refractivity contribution is -0.386. The summed E-state index contributed by atoms with van der Waals surface area (Å²) in [5, 5.41) is 10.7. The lowest BCUT2D eigenvalue weighted by Crippen LogP contribution is -2.03. The van der Waals surface area contributed by atoms with Crippen molar-refractivity contribution in [1.29, 1.82) is 0 Å². The fourth-order valence-electron chi connectivity index (χ4n) is 1.14. The Kier molecular flexibility index (Phi) is 3.94. The van der Waals surface area contributed by atoms with E-state index in [2.05, 4.69) is 9.72 Å². The third-order valence-corrected chi connectivity index (χ3v) is 2.06. The Hall–Kier alpha value is -1.50. The van der Waals surface area contributed by atoms with Crippen LogP contribution in [0.2, 0.25) is 0 Å². The zero-order valence-electron chi connectivity index (χ0n) is 8.11. The van der Waals surface area contributed by atoms with Gasteiger partial charge in [0.25, 0.3) is 6.43 Å². The molecule has 1 aromatic heterocycles. The van der Waals surface area contributed by atoms with Gasteiger partial charge in [0, 0.05) is 6.07 Å². The number of hydrogen-bond acceptors (Lipinski definition) is 4. The lowest BCUT2D eigenvalue weighted by Gasteiger charge is -2.07. The van der Waals surface area contributed by atoms with Crippen molar-refractivity contribution in [2.24, 2.45) is 0 Å². The Bertz CT molecular complexity index is 389. The Labute approximate surface area is 94.1 Å². The van der Waals surface area contributed by atoms with Crippen molar-refractivity contribution in [1.82, 2.24) is 4.98 Å². The highest BCUT2D eigenvalue weighted by atomic mass is 35.5. The summed E-state index contributed by atoms with van der Waals surface area (Å²) >= 11 is 5.41. The van der Waals surface area contributed by atoms with Crippen LogP contribution in [-0.4, -0.2) is 17.0 Å². The summed E-state index contributed by atoms with van der Waals surface area (Å²) in [6.45, 7) is 0. The third-order valence-electron chi connectivity index (χ3n) is 1.80. The topological polar surface area (TPSA) is 65.3 Å². The number of hydrogen-bond donors (Lipinski definition) is 0. The first-order chi connectivity index (χ1) is 7.51. The Morgan fingerprint density at radius 3 is 2.69 bits per heavy atom. The van der Waals surface area contributed by atoms with E-state index in [0.29, 0.717) is 0 Å². The molecular formula is C8H7ClF2N2O3. The van der Waals surface area contributed by atoms with Crippen molar-refractivity contribution >= 4 is 17.3 Å². The van der Waals surface area contributed by atoms with E-state index in [9.17, 15) is 18.9 Å². The molecule has 0 aliphatic carbocycles. The fourth-order valence-corrected chi connectivity index (χ4v) is 1.33. The van der Waals surface area contributed by atoms with E-state index in [1.165, 1.54) is 0 Å². The molecule has 0 fully saturated rings. The minimum Gasteiger partial charge on any atom is -0.490 e. The van der Waals surface area contributed by atoms with Crippen molar-refractivity contribution in [3.63, 3.8) is 0 Å². The van der Waals surface area contributed by atoms with E-state index in [4.69, 9.17) is 11.6 Å². The van der Waals surface area contributed by atoms with Crippen LogP contribution in [0, 0.1) is 10.1 Å². The minimum absolute atomic E-state index is 0.235. The molecule has 0 aliphatic heterocycles. The predicted molar refractivity (Wildman–Crippen MR) is 52.0 cm³/mol. The van der Waals surface area contributed by atoms with Crippen LogP contribution in [0.25, 0.3) is 0 Å². The molecule has 0 amide bonds. The normalized spacial score (nSPS) is 10.6. The second-order valence-corrected chi connectivity index (χ2v) is 3.00. The van der Waals surface area contributed by atoms with Crippen molar-refractivity contribution in [3.05, 3.63) is 27.6 Å². The van der Waals surface area contributed by atoms with Gasteiger partial charge in [0.2, 0.25) is 5.75 Å². The van der Waals surface area contributed by atoms with Gasteiger partial charge >= 0.3 is 5.69 Å². The molecule has 8 heteroatoms. The SMILES string of the molecule is COc1cc(C(F)F)nc(CCl)c1[N+](=O)[O-]. The summed E-state index contributed by atoms with van der Waals surface area (Å²) in [5.74, 6) is -0.612. The van der Waals surface area contributed by atoms with Gasteiger partial charge in [0.15, 0.2) is 0 Å². The quantitative estimate of drug-likeness (QED) is 0.469. The van der Waals surface area contributed by atoms with Gasteiger partial charge in [-0.1, -0.05) is 0 Å². The molecule has 88 valence electrons. The summed E-state index contributed by atoms with van der Waals surface area (Å²) in [4.78, 5) is 13.3. The largest absolute Gasteiger partial charge is 0.490 e. The standard InChI is InChI=1S/C8H7ClF2N2O3/c1-16-6-2-4(8(10)11)12-5(3-9)7(6)13(14)15/h2,8H,3H2,1H3. The fraction of sp³-hybridized carbons (Fsp3) is 0.375. The first kappa shape index (κ1) is 12.6. The van der Waals surface area contributed by atoms with E-state index in [1.54, 1.807) is 0 Å². The summed E-state index contributed by atoms with van der Waals surface area (Å²) in [6, 6.07) is 0.832. The van der Waals surface area contributed by atoms with Crippen LogP contribution in [0.3, 0.4) is 0 Å². The molecule has 0 atom stereocenters. The van der Waals surface area contributed by atoms with Crippen LogP contribution >= 0.6 is 11.6 Å². The Morgan fingerprint density at radius 1 is 1.69 bits per heavy atom. The molecule has 0 unspecified atom stereocenters. The molecular weight excluding hydrogens is 246 g/mol. The van der Waals surface area contributed by atoms with Crippen LogP contribution in [0.5, 0.6) is 5.75 Å². The average Bonchev–Trinajstić information content (AvgIpc) is 2.26. The van der Waals surface area contributed by atoms with Gasteiger partial charge in [-0.15, -0.1) is 11.6 Å². The molecule has 1 heterocycles. The number of alkyl halides is 3. The number of nitrogens with zero attached hydrogens (tertiary/aromatic N) is 2. The first-order valence-corrected chi connectivity index (χ1v) is 4.61. The van der Waals surface area contributed by atoms with Crippen molar-refractivity contribution in [2.45, 2.75) is 12.3 Å². The van der Waals surface area contributed by atoms with Crippen LogP contribution in [0.1, 0.15) is 17.8 Å². The molecule has 1 aromatic rings. The second kappa shape index (κ2) is 5.02. The maximum Gasteiger partial charge on any atom is 0.333 e. The highest BCUT2D eigenvalue weighted by Gasteiger charge is 2.25. The molecule has 5 nitrogen and oxygen atoms in total. The Balaban J connectivity index is 3.43. The zero-order valence-corrected chi connectivity index (χ0v) is 8.87. The second-order valence-electron chi connectivity index (χ2n) is 2.74. The third kappa shape index (κ3) is 2.35. The predicted octanol–water partition coefficient (Wildman–Crippen LogP) is 2.67. The van der Waals surface area contributed by atoms with E-state index >= 15 is 0 Å². The van der Waals surface area contributed by atoms with Gasteiger partial charge in [-0.3, -0.25) is 10.1 Å². The van der Waals surface area contributed by atoms with Gasteiger partial charge in [-0.2, -0.15) is 0 Å². The van der Waals surface area contributed by atoms with Gasteiger partial charge < -0.3 is 4.74 Å². The molecule has 16 heavy (non-hydrogen) atoms. The maximum atomic E-state index is 12.4. The molecule has 0 aliphatic rings. The van der Waals surface area contributed by atoms with Crippen LogP contribution < -0.4 is 4.74 Å². The zero-order chi connectivity index (χ0) is 12.3. The first-order valence-electron chi connectivity index (χ1n) is 4.07. The summed E-state index contributed by atoms with van der Waals surface area (Å²) in [6.07, 6.45) is -2.84. The summed E-state index contributed by atoms with van der Waals surface area (Å²) in [7, 11) is 1.15. The number of nitro groups is 1. The van der Waals surface area contributed by atoms with Crippen molar-refractivity contribution < 1.29 is 18.4 Å². The number of ether oxygens (including phenoxy) is 1. The van der Waals surface area contributed by atoms with Crippen molar-refractivity contribution in [2.75, 3.05) is 7.11 Å². The van der Waals surface area contributed by atoms with E-state index in [1.807, 2.05) is 0 Å². The monoisotopic (exact) mass is 252 g/mol. The highest BCUT2D eigenvalue weighted by molar-refractivity contribution is 6.17. The van der Waals surface area contributed by atoms with Gasteiger partial charge in [-0.25, -0.2) is 13.8 Å². The number of methoxy groups -OCH3 is 1. The van der Waals surface area contributed by atoms with E-state index in [-0.39, 0.29) is 17.3 Å². The smallest absolute Gasteiger partial charge is 0.333 e. The average molecular weight is 253 g/mol. The van der Waals surface area contributed by atoms with E-state index in [0.717, 1.165) is 13.2 Å². The Morgan fingerprint density at radius 2 is 2.31 bits per heavy atom. The van der Waals surface area contributed by atoms with Gasteiger partial charge in [0.1, 0.15) is 11.4 Å². The molecule has 0 radical (unpaired) electrons. The molecule has 0 spiro atoms. The molecule has 0 saturated heterocycles. The van der Waals surface area contributed by atoms with Crippen LogP contribution in [0.4, 0.5) is 14.5 Å². The molecule has 0 N–H and O–H groups in total. The lowest BCUT2D eigenvalue weighted by atomic mass is 10.2. The number of aromatic nitrogens is 1. The number of halogens is 3. The number of pyridine rings is 1. The number of rotatable bonds is 4. The highest BCUT2D eigenvalue weighted by Crippen LogP contribution is 2.33. The molecule has 0 saturated carbocycles. The molecule has 1 rings (SSSR count). The van der Waals surface area contributed by atoms with Crippen molar-refractivity contribution in [3.8, 4) is 5.75 Å². The van der Waals surface area contributed by atoms with Crippen LogP contribution in [0.15, 0.2) is 6.07 Å². The summed E-state index contributed by atoms with van der Waals surface area (Å²) in [5.41, 5.74) is -1.32. The molecule has 0 bridgehead atoms. The maximum absolute atomic E-state index is 12.4. The van der Waals surface area contributed by atoms with Gasteiger partial charge in [-0.05, 0) is 0 Å².